The van der Waals surface area contributed by atoms with Crippen LogP contribution in [0.25, 0.3) is 0 Å². The number of halogens is 2. The molecule has 0 radical (unpaired) electrons. The van der Waals surface area contributed by atoms with Crippen molar-refractivity contribution in [3.05, 3.63) is 71.3 Å². The summed E-state index contributed by atoms with van der Waals surface area (Å²) < 4.78 is 31.2. The first-order chi connectivity index (χ1) is 9.99. The Balaban J connectivity index is 2.25. The van der Waals surface area contributed by atoms with E-state index in [2.05, 4.69) is 0 Å². The Bertz CT molecular complexity index is 674. The van der Waals surface area contributed by atoms with Gasteiger partial charge < -0.3 is 10.5 Å². The Kier molecular flexibility index (Phi) is 4.27. The molecule has 0 fully saturated rings. The first kappa shape index (κ1) is 14.6. The Hall–Kier alpha value is -2.76. The number of ether oxygens (including phenoxy) is 1. The molecule has 4 nitrogen and oxygen atoms in total. The van der Waals surface area contributed by atoms with Gasteiger partial charge in [0.25, 0.3) is 5.91 Å². The van der Waals surface area contributed by atoms with E-state index in [0.717, 1.165) is 12.1 Å². The molecule has 2 N–H and O–H groups in total. The summed E-state index contributed by atoms with van der Waals surface area (Å²) in [6.45, 7) is 0. The summed E-state index contributed by atoms with van der Waals surface area (Å²) in [6, 6.07) is 10.5. The van der Waals surface area contributed by atoms with Crippen molar-refractivity contribution in [2.24, 2.45) is 5.73 Å². The van der Waals surface area contributed by atoms with Gasteiger partial charge in [-0.25, -0.2) is 13.6 Å². The van der Waals surface area contributed by atoms with E-state index in [4.69, 9.17) is 10.5 Å². The zero-order valence-corrected chi connectivity index (χ0v) is 10.8. The molecule has 2 aromatic rings. The number of amides is 1. The molecule has 0 aliphatic carbocycles. The first-order valence-electron chi connectivity index (χ1n) is 5.99. The minimum atomic E-state index is -1.34. The second-order valence-corrected chi connectivity index (χ2v) is 4.22. The number of rotatable bonds is 4. The Labute approximate surface area is 119 Å². The summed E-state index contributed by atoms with van der Waals surface area (Å²) in [6.07, 6.45) is -1.34. The van der Waals surface area contributed by atoms with Gasteiger partial charge in [0.2, 0.25) is 6.10 Å². The fourth-order valence-corrected chi connectivity index (χ4v) is 1.74. The molecule has 0 unspecified atom stereocenters. The molecule has 2 aromatic carbocycles. The van der Waals surface area contributed by atoms with E-state index in [1.165, 1.54) is 0 Å². The molecule has 0 aliphatic heterocycles. The summed E-state index contributed by atoms with van der Waals surface area (Å²) in [5.74, 6) is -3.88. The smallest absolute Gasteiger partial charge is 0.342 e. The molecule has 0 saturated heterocycles. The third-order valence-corrected chi connectivity index (χ3v) is 2.74. The van der Waals surface area contributed by atoms with Gasteiger partial charge in [0.15, 0.2) is 0 Å². The van der Waals surface area contributed by atoms with E-state index in [-0.39, 0.29) is 0 Å². The minimum absolute atomic E-state index is 0.362. The largest absolute Gasteiger partial charge is 0.444 e. The van der Waals surface area contributed by atoms with Crippen molar-refractivity contribution in [3.8, 4) is 0 Å². The lowest BCUT2D eigenvalue weighted by Gasteiger charge is -2.15. The van der Waals surface area contributed by atoms with Crippen LogP contribution >= 0.6 is 0 Å². The van der Waals surface area contributed by atoms with Crippen LogP contribution in [0.3, 0.4) is 0 Å². The van der Waals surface area contributed by atoms with E-state index in [1.807, 2.05) is 0 Å². The maximum absolute atomic E-state index is 13.5. The van der Waals surface area contributed by atoms with Gasteiger partial charge in [-0.05, 0) is 12.1 Å². The lowest BCUT2D eigenvalue weighted by Crippen LogP contribution is -2.26. The number of hydrogen-bond donors (Lipinski definition) is 1. The van der Waals surface area contributed by atoms with Crippen LogP contribution in [0.1, 0.15) is 22.0 Å². The summed E-state index contributed by atoms with van der Waals surface area (Å²) >= 11 is 0. The molecule has 108 valence electrons. The van der Waals surface area contributed by atoms with Crippen LogP contribution in [0.5, 0.6) is 0 Å². The SMILES string of the molecule is NC(=O)[C@H](OC(=O)c1ccc(F)cc1F)c1ccccc1. The van der Waals surface area contributed by atoms with Gasteiger partial charge in [-0.1, -0.05) is 30.3 Å². The van der Waals surface area contributed by atoms with Gasteiger partial charge in [0, 0.05) is 11.6 Å². The Morgan fingerprint density at radius 3 is 2.29 bits per heavy atom. The molecule has 0 saturated carbocycles. The molecule has 1 amide bonds. The zero-order valence-electron chi connectivity index (χ0n) is 10.8. The highest BCUT2D eigenvalue weighted by Gasteiger charge is 2.24. The average Bonchev–Trinajstić information content (AvgIpc) is 2.45. The van der Waals surface area contributed by atoms with Gasteiger partial charge in [0.1, 0.15) is 11.6 Å². The van der Waals surface area contributed by atoms with E-state index < -0.39 is 35.2 Å². The predicted octanol–water partition coefficient (Wildman–Crippen LogP) is 2.35. The summed E-state index contributed by atoms with van der Waals surface area (Å²) in [7, 11) is 0. The minimum Gasteiger partial charge on any atom is -0.444 e. The van der Waals surface area contributed by atoms with Crippen LogP contribution in [-0.4, -0.2) is 11.9 Å². The van der Waals surface area contributed by atoms with Crippen molar-refractivity contribution in [1.29, 1.82) is 0 Å². The van der Waals surface area contributed by atoms with E-state index in [0.29, 0.717) is 11.6 Å². The number of benzene rings is 2. The van der Waals surface area contributed by atoms with Crippen LogP contribution in [0.2, 0.25) is 0 Å². The first-order valence-corrected chi connectivity index (χ1v) is 5.99. The van der Waals surface area contributed by atoms with Crippen molar-refractivity contribution >= 4 is 11.9 Å². The summed E-state index contributed by atoms with van der Waals surface area (Å²) in [5, 5.41) is 0. The monoisotopic (exact) mass is 291 g/mol. The molecule has 6 heteroatoms. The normalized spacial score (nSPS) is 11.7. The highest BCUT2D eigenvalue weighted by Crippen LogP contribution is 2.20. The third-order valence-electron chi connectivity index (χ3n) is 2.74. The Morgan fingerprint density at radius 1 is 1.05 bits per heavy atom. The quantitative estimate of drug-likeness (QED) is 0.879. The molecule has 0 aromatic heterocycles. The molecular formula is C15H11F2NO3. The van der Waals surface area contributed by atoms with Gasteiger partial charge in [-0.3, -0.25) is 4.79 Å². The van der Waals surface area contributed by atoms with Crippen LogP contribution in [-0.2, 0) is 9.53 Å². The summed E-state index contributed by atoms with van der Waals surface area (Å²) in [4.78, 5) is 23.3. The molecule has 0 heterocycles. The van der Waals surface area contributed by atoms with Crippen LogP contribution in [0.15, 0.2) is 48.5 Å². The Morgan fingerprint density at radius 2 is 1.71 bits per heavy atom. The molecule has 0 bridgehead atoms. The highest BCUT2D eigenvalue weighted by atomic mass is 19.1. The van der Waals surface area contributed by atoms with Gasteiger partial charge in [-0.15, -0.1) is 0 Å². The van der Waals surface area contributed by atoms with Crippen molar-refractivity contribution in [1.82, 2.24) is 0 Å². The standard InChI is InChI=1S/C15H11F2NO3/c16-10-6-7-11(12(17)8-10)15(20)21-13(14(18)19)9-4-2-1-3-5-9/h1-8,13H,(H2,18,19)/t13-/m1/s1. The van der Waals surface area contributed by atoms with Crippen molar-refractivity contribution in [2.45, 2.75) is 6.10 Å². The van der Waals surface area contributed by atoms with Crippen LogP contribution in [0, 0.1) is 11.6 Å². The number of esters is 1. The number of carbonyl (C=O) groups is 2. The maximum Gasteiger partial charge on any atom is 0.342 e. The molecule has 21 heavy (non-hydrogen) atoms. The summed E-state index contributed by atoms with van der Waals surface area (Å²) in [5.41, 5.74) is 5.08. The number of primary amides is 1. The fourth-order valence-electron chi connectivity index (χ4n) is 1.74. The fraction of sp³-hybridized carbons (Fsp3) is 0.0667. The van der Waals surface area contributed by atoms with E-state index >= 15 is 0 Å². The van der Waals surface area contributed by atoms with Gasteiger partial charge in [0.05, 0.1) is 5.56 Å². The van der Waals surface area contributed by atoms with Crippen molar-refractivity contribution in [3.63, 3.8) is 0 Å². The maximum atomic E-state index is 13.5. The number of hydrogen-bond acceptors (Lipinski definition) is 3. The predicted molar refractivity (Wildman–Crippen MR) is 70.2 cm³/mol. The molecule has 1 atom stereocenters. The van der Waals surface area contributed by atoms with E-state index in [9.17, 15) is 18.4 Å². The van der Waals surface area contributed by atoms with E-state index in [1.54, 1.807) is 30.3 Å². The molecular weight excluding hydrogens is 280 g/mol. The third kappa shape index (κ3) is 3.42. The van der Waals surface area contributed by atoms with Crippen LogP contribution in [0.4, 0.5) is 8.78 Å². The molecule has 0 aliphatic rings. The second kappa shape index (κ2) is 6.13. The number of nitrogens with two attached hydrogens (primary N) is 1. The van der Waals surface area contributed by atoms with Crippen molar-refractivity contribution in [2.75, 3.05) is 0 Å². The molecule has 2 rings (SSSR count). The highest BCUT2D eigenvalue weighted by molar-refractivity contribution is 5.92. The second-order valence-electron chi connectivity index (χ2n) is 4.22. The lowest BCUT2D eigenvalue weighted by molar-refractivity contribution is -0.127. The van der Waals surface area contributed by atoms with Crippen LogP contribution < -0.4 is 5.73 Å². The number of carbonyl (C=O) groups excluding carboxylic acids is 2. The lowest BCUT2D eigenvalue weighted by atomic mass is 10.1. The molecule has 0 spiro atoms. The zero-order chi connectivity index (χ0) is 15.4. The topological polar surface area (TPSA) is 69.4 Å². The average molecular weight is 291 g/mol. The van der Waals surface area contributed by atoms with Crippen molar-refractivity contribution < 1.29 is 23.1 Å². The van der Waals surface area contributed by atoms with Gasteiger partial charge >= 0.3 is 5.97 Å². The van der Waals surface area contributed by atoms with Gasteiger partial charge in [-0.2, -0.15) is 0 Å².